The summed E-state index contributed by atoms with van der Waals surface area (Å²) in [6, 6.07) is 10.1. The van der Waals surface area contributed by atoms with Crippen molar-refractivity contribution in [1.82, 2.24) is 10.3 Å². The molecule has 38 heavy (non-hydrogen) atoms. The van der Waals surface area contributed by atoms with Crippen molar-refractivity contribution >= 4 is 35.1 Å². The number of pyridine rings is 1. The van der Waals surface area contributed by atoms with E-state index in [0.717, 1.165) is 12.1 Å². The SMILES string of the molecule is Nc1cncc(C(=O)N=CC2(C(=O)NCc3ccc(Nc4ccccc4C(F)(F)F)cc3F)CCOC2)c1. The fourth-order valence-electron chi connectivity index (χ4n) is 3.87. The molecule has 4 rings (SSSR count). The normalized spacial score (nSPS) is 17.5. The number of ether oxygens (including phenoxy) is 1. The van der Waals surface area contributed by atoms with Crippen LogP contribution in [-0.4, -0.2) is 36.2 Å². The van der Waals surface area contributed by atoms with Gasteiger partial charge in [-0.3, -0.25) is 14.6 Å². The van der Waals surface area contributed by atoms with Crippen LogP contribution in [0.3, 0.4) is 0 Å². The van der Waals surface area contributed by atoms with E-state index in [4.69, 9.17) is 10.5 Å². The van der Waals surface area contributed by atoms with Gasteiger partial charge in [0.15, 0.2) is 0 Å². The summed E-state index contributed by atoms with van der Waals surface area (Å²) in [6.07, 6.45) is -0.414. The molecule has 0 bridgehead atoms. The summed E-state index contributed by atoms with van der Waals surface area (Å²) in [5.74, 6) is -1.88. The molecule has 198 valence electrons. The summed E-state index contributed by atoms with van der Waals surface area (Å²) in [4.78, 5) is 33.2. The maximum Gasteiger partial charge on any atom is 0.418 e. The molecule has 4 N–H and O–H groups in total. The van der Waals surface area contributed by atoms with Gasteiger partial charge in [0.1, 0.15) is 11.2 Å². The topological polar surface area (TPSA) is 119 Å². The molecule has 1 fully saturated rings. The number of para-hydroxylation sites is 1. The molecule has 3 aromatic rings. The lowest BCUT2D eigenvalue weighted by Crippen LogP contribution is -2.42. The number of benzene rings is 2. The molecule has 1 aliphatic rings. The van der Waals surface area contributed by atoms with E-state index in [0.29, 0.717) is 0 Å². The molecule has 12 heteroatoms. The Morgan fingerprint density at radius 1 is 1.16 bits per heavy atom. The van der Waals surface area contributed by atoms with Crippen LogP contribution in [0, 0.1) is 11.2 Å². The lowest BCUT2D eigenvalue weighted by molar-refractivity contribution is -0.137. The predicted molar refractivity (Wildman–Crippen MR) is 132 cm³/mol. The third-order valence-corrected chi connectivity index (χ3v) is 5.94. The number of nitrogens with two attached hydrogens (primary N) is 1. The summed E-state index contributed by atoms with van der Waals surface area (Å²) in [6.45, 7) is 0.0447. The van der Waals surface area contributed by atoms with Crippen molar-refractivity contribution in [2.75, 3.05) is 24.3 Å². The van der Waals surface area contributed by atoms with Crippen LogP contribution < -0.4 is 16.4 Å². The van der Waals surface area contributed by atoms with Gasteiger partial charge in [-0.2, -0.15) is 13.2 Å². The fourth-order valence-corrected chi connectivity index (χ4v) is 3.87. The summed E-state index contributed by atoms with van der Waals surface area (Å²) < 4.78 is 59.8. The van der Waals surface area contributed by atoms with Crippen LogP contribution in [0.15, 0.2) is 65.9 Å². The average molecular weight is 529 g/mol. The number of carbonyl (C=O) groups is 2. The molecule has 1 aromatic heterocycles. The lowest BCUT2D eigenvalue weighted by Gasteiger charge is -2.21. The standard InChI is InChI=1S/C26H23F4N5O3/c27-21-10-19(35-22-4-2-1-3-20(22)26(28,29)30)6-5-16(21)12-33-24(37)25(7-8-38-15-25)14-34-23(36)17-9-18(31)13-32-11-17/h1-6,9-11,13-14,35H,7-8,12,15,31H2,(H,33,37). The Kier molecular flexibility index (Phi) is 7.72. The third kappa shape index (κ3) is 6.14. The first-order valence-corrected chi connectivity index (χ1v) is 11.5. The Balaban J connectivity index is 1.43. The van der Waals surface area contributed by atoms with E-state index in [1.165, 1.54) is 55.0 Å². The zero-order valence-corrected chi connectivity index (χ0v) is 19.9. The number of hydrogen-bond acceptors (Lipinski definition) is 6. The van der Waals surface area contributed by atoms with Crippen LogP contribution in [0.1, 0.15) is 27.9 Å². The largest absolute Gasteiger partial charge is 0.418 e. The molecule has 0 saturated carbocycles. The minimum absolute atomic E-state index is 0.0191. The van der Waals surface area contributed by atoms with Gasteiger partial charge in [0.25, 0.3) is 5.91 Å². The molecule has 1 aliphatic heterocycles. The van der Waals surface area contributed by atoms with Crippen LogP contribution >= 0.6 is 0 Å². The number of halogens is 4. The monoisotopic (exact) mass is 529 g/mol. The molecule has 8 nitrogen and oxygen atoms in total. The van der Waals surface area contributed by atoms with Crippen molar-refractivity contribution in [3.8, 4) is 0 Å². The van der Waals surface area contributed by atoms with Gasteiger partial charge in [0.2, 0.25) is 5.91 Å². The highest BCUT2D eigenvalue weighted by Crippen LogP contribution is 2.36. The van der Waals surface area contributed by atoms with Crippen molar-refractivity contribution in [2.45, 2.75) is 19.1 Å². The smallest absolute Gasteiger partial charge is 0.397 e. The Labute approximate surface area is 214 Å². The highest BCUT2D eigenvalue weighted by Gasteiger charge is 2.41. The first-order valence-electron chi connectivity index (χ1n) is 11.5. The molecule has 1 saturated heterocycles. The molecule has 1 atom stereocenters. The zero-order valence-electron chi connectivity index (χ0n) is 19.9. The maximum atomic E-state index is 14.8. The van der Waals surface area contributed by atoms with Crippen molar-refractivity contribution < 1.29 is 31.9 Å². The first-order chi connectivity index (χ1) is 18.1. The number of rotatable bonds is 7. The van der Waals surface area contributed by atoms with Gasteiger partial charge in [-0.1, -0.05) is 18.2 Å². The van der Waals surface area contributed by atoms with Crippen LogP contribution in [0.25, 0.3) is 0 Å². The number of alkyl halides is 3. The number of carbonyl (C=O) groups excluding carboxylic acids is 2. The van der Waals surface area contributed by atoms with E-state index in [1.807, 2.05) is 0 Å². The van der Waals surface area contributed by atoms with E-state index >= 15 is 0 Å². The van der Waals surface area contributed by atoms with Gasteiger partial charge < -0.3 is 21.1 Å². The molecular weight excluding hydrogens is 506 g/mol. The van der Waals surface area contributed by atoms with E-state index in [1.54, 1.807) is 0 Å². The van der Waals surface area contributed by atoms with Gasteiger partial charge in [0.05, 0.1) is 29.1 Å². The van der Waals surface area contributed by atoms with Gasteiger partial charge in [0, 0.05) is 43.0 Å². The number of nitrogens with zero attached hydrogens (tertiary/aromatic N) is 2. The minimum atomic E-state index is -4.58. The molecule has 2 amide bonds. The number of aromatic nitrogens is 1. The molecule has 0 aliphatic carbocycles. The van der Waals surface area contributed by atoms with Crippen LogP contribution in [-0.2, 0) is 22.3 Å². The first kappa shape index (κ1) is 26.7. The third-order valence-electron chi connectivity index (χ3n) is 5.94. The number of nitrogens with one attached hydrogen (secondary N) is 2. The number of nitrogen functional groups attached to an aromatic ring is 1. The second kappa shape index (κ2) is 11.0. The zero-order chi connectivity index (χ0) is 27.3. The van der Waals surface area contributed by atoms with Gasteiger partial charge >= 0.3 is 6.18 Å². The van der Waals surface area contributed by atoms with Gasteiger partial charge in [-0.25, -0.2) is 9.38 Å². The van der Waals surface area contributed by atoms with Gasteiger partial charge in [-0.05, 0) is 36.8 Å². The number of amides is 2. The predicted octanol–water partition coefficient (Wildman–Crippen LogP) is 4.50. The number of anilines is 3. The molecule has 0 spiro atoms. The van der Waals surface area contributed by atoms with Crippen molar-refractivity contribution in [2.24, 2.45) is 10.4 Å². The average Bonchev–Trinajstić information content (AvgIpc) is 3.37. The molecule has 2 aromatic carbocycles. The van der Waals surface area contributed by atoms with Crippen LogP contribution in [0.2, 0.25) is 0 Å². The fraction of sp³-hybridized carbons (Fsp3) is 0.231. The summed E-state index contributed by atoms with van der Waals surface area (Å²) in [7, 11) is 0. The van der Waals surface area contributed by atoms with Gasteiger partial charge in [-0.15, -0.1) is 0 Å². The molecule has 0 radical (unpaired) electrons. The number of aliphatic imine (C=N–C) groups is 1. The van der Waals surface area contributed by atoms with Crippen molar-refractivity contribution in [3.63, 3.8) is 0 Å². The van der Waals surface area contributed by atoms with Crippen LogP contribution in [0.5, 0.6) is 0 Å². The van der Waals surface area contributed by atoms with E-state index in [-0.39, 0.29) is 54.4 Å². The quantitative estimate of drug-likeness (QED) is 0.306. The second-order valence-electron chi connectivity index (χ2n) is 8.69. The Bertz CT molecular complexity index is 1370. The summed E-state index contributed by atoms with van der Waals surface area (Å²) >= 11 is 0. The highest BCUT2D eigenvalue weighted by molar-refractivity contribution is 6.05. The Morgan fingerprint density at radius 3 is 2.63 bits per heavy atom. The van der Waals surface area contributed by atoms with Crippen molar-refractivity contribution in [1.29, 1.82) is 0 Å². The maximum absolute atomic E-state index is 14.8. The Hall–Kier alpha value is -4.32. The summed E-state index contributed by atoms with van der Waals surface area (Å²) in [5.41, 5.74) is 3.97. The highest BCUT2D eigenvalue weighted by atomic mass is 19.4. The molecule has 1 unspecified atom stereocenters. The van der Waals surface area contributed by atoms with Crippen LogP contribution in [0.4, 0.5) is 34.6 Å². The summed E-state index contributed by atoms with van der Waals surface area (Å²) in [5, 5.41) is 5.21. The molecular formula is C26H23F4N5O3. The second-order valence-corrected chi connectivity index (χ2v) is 8.69. The molecule has 2 heterocycles. The van der Waals surface area contributed by atoms with E-state index in [9.17, 15) is 27.2 Å². The van der Waals surface area contributed by atoms with E-state index < -0.39 is 34.8 Å². The number of hydrogen-bond donors (Lipinski definition) is 3. The Morgan fingerprint density at radius 2 is 1.95 bits per heavy atom. The lowest BCUT2D eigenvalue weighted by atomic mass is 9.87. The van der Waals surface area contributed by atoms with E-state index in [2.05, 4.69) is 20.6 Å². The minimum Gasteiger partial charge on any atom is -0.397 e. The van der Waals surface area contributed by atoms with Crippen molar-refractivity contribution in [3.05, 3.63) is 83.4 Å².